The molecule has 0 spiro atoms. The van der Waals surface area contributed by atoms with Gasteiger partial charge in [-0.2, -0.15) is 0 Å². The lowest BCUT2D eigenvalue weighted by Gasteiger charge is -2.09. The molecule has 1 aliphatic rings. The van der Waals surface area contributed by atoms with Gasteiger partial charge >= 0.3 is 0 Å². The Labute approximate surface area is 118 Å². The predicted octanol–water partition coefficient (Wildman–Crippen LogP) is 1.43. The zero-order chi connectivity index (χ0) is 13.3. The van der Waals surface area contributed by atoms with Crippen LogP contribution in [0.25, 0.3) is 0 Å². The van der Waals surface area contributed by atoms with E-state index in [-0.39, 0.29) is 5.91 Å². The Kier molecular flexibility index (Phi) is 6.17. The minimum atomic E-state index is 0.131. The fourth-order valence-corrected chi connectivity index (χ4v) is 2.93. The fraction of sp³-hybridized carbons (Fsp3) is 0.571. The van der Waals surface area contributed by atoms with Crippen LogP contribution >= 0.6 is 11.8 Å². The molecule has 0 radical (unpaired) electrons. The van der Waals surface area contributed by atoms with Crippen molar-refractivity contribution in [3.05, 3.63) is 30.1 Å². The molecule has 1 atom stereocenters. The van der Waals surface area contributed by atoms with Crippen molar-refractivity contribution in [2.75, 3.05) is 25.4 Å². The van der Waals surface area contributed by atoms with Crippen molar-refractivity contribution in [2.24, 2.45) is 5.92 Å². The highest BCUT2D eigenvalue weighted by molar-refractivity contribution is 7.99. The summed E-state index contributed by atoms with van der Waals surface area (Å²) in [5.74, 6) is 2.17. The number of aromatic nitrogens is 1. The summed E-state index contributed by atoms with van der Waals surface area (Å²) in [7, 11) is 0. The van der Waals surface area contributed by atoms with Crippen LogP contribution in [-0.2, 0) is 10.5 Å². The molecule has 1 fully saturated rings. The van der Waals surface area contributed by atoms with Gasteiger partial charge in [-0.05, 0) is 44.0 Å². The lowest BCUT2D eigenvalue weighted by molar-refractivity contribution is -0.118. The van der Waals surface area contributed by atoms with Crippen molar-refractivity contribution in [3.63, 3.8) is 0 Å². The lowest BCUT2D eigenvalue weighted by atomic mass is 10.1. The van der Waals surface area contributed by atoms with Crippen molar-refractivity contribution in [1.82, 2.24) is 15.6 Å². The third kappa shape index (κ3) is 5.61. The molecule has 0 saturated carbocycles. The van der Waals surface area contributed by atoms with Crippen LogP contribution in [0.1, 0.15) is 18.5 Å². The third-order valence-electron chi connectivity index (χ3n) is 3.25. The average Bonchev–Trinajstić information content (AvgIpc) is 2.93. The predicted molar refractivity (Wildman–Crippen MR) is 79.0 cm³/mol. The van der Waals surface area contributed by atoms with E-state index in [0.717, 1.165) is 43.4 Å². The Hall–Kier alpha value is -1.07. The van der Waals surface area contributed by atoms with Crippen LogP contribution < -0.4 is 10.6 Å². The number of nitrogens with zero attached hydrogens (tertiary/aromatic N) is 1. The van der Waals surface area contributed by atoms with Gasteiger partial charge in [0.2, 0.25) is 5.91 Å². The number of nitrogens with one attached hydrogen (secondary N) is 2. The normalized spacial score (nSPS) is 18.4. The van der Waals surface area contributed by atoms with Crippen molar-refractivity contribution in [1.29, 1.82) is 0 Å². The summed E-state index contributed by atoms with van der Waals surface area (Å²) in [4.78, 5) is 15.9. The molecular weight excluding hydrogens is 258 g/mol. The number of thioether (sulfide) groups is 1. The van der Waals surface area contributed by atoms with Gasteiger partial charge in [0.15, 0.2) is 0 Å². The number of carbonyl (C=O) groups is 1. The van der Waals surface area contributed by atoms with E-state index in [1.165, 1.54) is 6.42 Å². The largest absolute Gasteiger partial charge is 0.355 e. The van der Waals surface area contributed by atoms with Crippen LogP contribution in [0.2, 0.25) is 0 Å². The first kappa shape index (κ1) is 14.3. The molecule has 0 bridgehead atoms. The molecule has 1 aromatic rings. The Balaban J connectivity index is 1.52. The van der Waals surface area contributed by atoms with E-state index in [0.29, 0.717) is 5.75 Å². The number of hydrogen-bond donors (Lipinski definition) is 2. The molecule has 2 N–H and O–H groups in total. The van der Waals surface area contributed by atoms with Gasteiger partial charge in [0.25, 0.3) is 0 Å². The molecule has 0 aliphatic carbocycles. The summed E-state index contributed by atoms with van der Waals surface area (Å²) in [6, 6.07) is 5.86. The smallest absolute Gasteiger partial charge is 0.230 e. The summed E-state index contributed by atoms with van der Waals surface area (Å²) in [6.45, 7) is 3.03. The molecule has 1 saturated heterocycles. The highest BCUT2D eigenvalue weighted by Gasteiger charge is 2.13. The maximum atomic E-state index is 11.6. The van der Waals surface area contributed by atoms with Crippen LogP contribution in [0.5, 0.6) is 0 Å². The highest BCUT2D eigenvalue weighted by Crippen LogP contribution is 2.11. The topological polar surface area (TPSA) is 54.0 Å². The summed E-state index contributed by atoms with van der Waals surface area (Å²) in [5.41, 5.74) is 1.03. The quantitative estimate of drug-likeness (QED) is 0.793. The molecule has 5 heteroatoms. The van der Waals surface area contributed by atoms with E-state index in [1.807, 2.05) is 18.2 Å². The van der Waals surface area contributed by atoms with E-state index < -0.39 is 0 Å². The number of amides is 1. The van der Waals surface area contributed by atoms with Gasteiger partial charge < -0.3 is 10.6 Å². The first-order chi connectivity index (χ1) is 9.34. The Morgan fingerprint density at radius 1 is 1.53 bits per heavy atom. The number of pyridine rings is 1. The van der Waals surface area contributed by atoms with Gasteiger partial charge in [-0.15, -0.1) is 11.8 Å². The van der Waals surface area contributed by atoms with Crippen molar-refractivity contribution >= 4 is 17.7 Å². The summed E-state index contributed by atoms with van der Waals surface area (Å²) in [5, 5.41) is 6.33. The standard InChI is InChI=1S/C14H21N3OS/c18-14(17-8-5-12-4-7-15-9-12)11-19-10-13-3-1-2-6-16-13/h1-3,6,12,15H,4-5,7-11H2,(H,17,18). The van der Waals surface area contributed by atoms with Crippen LogP contribution in [0, 0.1) is 5.92 Å². The molecule has 0 aromatic carbocycles. The summed E-state index contributed by atoms with van der Waals surface area (Å²) in [6.07, 6.45) is 4.11. The molecule has 1 aromatic heterocycles. The van der Waals surface area contributed by atoms with E-state index in [4.69, 9.17) is 0 Å². The van der Waals surface area contributed by atoms with Crippen molar-refractivity contribution < 1.29 is 4.79 Å². The van der Waals surface area contributed by atoms with Gasteiger partial charge in [0.1, 0.15) is 0 Å². The van der Waals surface area contributed by atoms with E-state index >= 15 is 0 Å². The first-order valence-electron chi connectivity index (χ1n) is 6.79. The van der Waals surface area contributed by atoms with Gasteiger partial charge in [0, 0.05) is 18.5 Å². The SMILES string of the molecule is O=C(CSCc1ccccn1)NCCC1CCNC1. The van der Waals surface area contributed by atoms with Crippen LogP contribution in [0.3, 0.4) is 0 Å². The molecular formula is C14H21N3OS. The minimum absolute atomic E-state index is 0.131. The summed E-state index contributed by atoms with van der Waals surface area (Å²) < 4.78 is 0. The molecule has 1 unspecified atom stereocenters. The van der Waals surface area contributed by atoms with Gasteiger partial charge in [-0.25, -0.2) is 0 Å². The molecule has 2 rings (SSSR count). The first-order valence-corrected chi connectivity index (χ1v) is 7.95. The van der Waals surface area contributed by atoms with Gasteiger partial charge in [0.05, 0.1) is 11.4 Å². The second-order valence-corrected chi connectivity index (χ2v) is 5.80. The average molecular weight is 279 g/mol. The van der Waals surface area contributed by atoms with Crippen molar-refractivity contribution in [2.45, 2.75) is 18.6 Å². The lowest BCUT2D eigenvalue weighted by Crippen LogP contribution is -2.27. The van der Waals surface area contributed by atoms with Gasteiger partial charge in [-0.3, -0.25) is 9.78 Å². The number of hydrogen-bond acceptors (Lipinski definition) is 4. The van der Waals surface area contributed by atoms with Crippen LogP contribution in [0.15, 0.2) is 24.4 Å². The monoisotopic (exact) mass is 279 g/mol. The molecule has 4 nitrogen and oxygen atoms in total. The van der Waals surface area contributed by atoms with Crippen molar-refractivity contribution in [3.8, 4) is 0 Å². The van der Waals surface area contributed by atoms with E-state index in [1.54, 1.807) is 18.0 Å². The molecule has 104 valence electrons. The molecule has 1 aliphatic heterocycles. The van der Waals surface area contributed by atoms with E-state index in [9.17, 15) is 4.79 Å². The molecule has 19 heavy (non-hydrogen) atoms. The van der Waals surface area contributed by atoms with Gasteiger partial charge in [-0.1, -0.05) is 6.07 Å². The molecule has 1 amide bonds. The minimum Gasteiger partial charge on any atom is -0.355 e. The maximum Gasteiger partial charge on any atom is 0.230 e. The second-order valence-electron chi connectivity index (χ2n) is 4.81. The molecule has 2 heterocycles. The summed E-state index contributed by atoms with van der Waals surface area (Å²) >= 11 is 1.61. The number of carbonyl (C=O) groups excluding carboxylic acids is 1. The Morgan fingerprint density at radius 2 is 2.47 bits per heavy atom. The zero-order valence-corrected chi connectivity index (χ0v) is 11.9. The highest BCUT2D eigenvalue weighted by atomic mass is 32.2. The van der Waals surface area contributed by atoms with E-state index in [2.05, 4.69) is 15.6 Å². The fourth-order valence-electron chi connectivity index (χ4n) is 2.16. The second kappa shape index (κ2) is 8.17. The zero-order valence-electron chi connectivity index (χ0n) is 11.1. The van der Waals surface area contributed by atoms with Crippen LogP contribution in [-0.4, -0.2) is 36.3 Å². The Bertz CT molecular complexity index is 380. The maximum absolute atomic E-state index is 11.6. The van der Waals surface area contributed by atoms with Crippen LogP contribution in [0.4, 0.5) is 0 Å². The Morgan fingerprint density at radius 3 is 3.21 bits per heavy atom. The number of rotatable bonds is 7. The third-order valence-corrected chi connectivity index (χ3v) is 4.21.